The average Bonchev–Trinajstić information content (AvgIpc) is 3.18. The van der Waals surface area contributed by atoms with Gasteiger partial charge < -0.3 is 0 Å². The molecule has 5 heteroatoms. The summed E-state index contributed by atoms with van der Waals surface area (Å²) in [5.41, 5.74) is 5.35. The molecule has 1 amide bonds. The number of anilines is 1. The lowest BCUT2D eigenvalue weighted by molar-refractivity contribution is -0.118. The van der Waals surface area contributed by atoms with Gasteiger partial charge >= 0.3 is 0 Å². The molecule has 0 N–H and O–H groups in total. The first kappa shape index (κ1) is 19.3. The van der Waals surface area contributed by atoms with Gasteiger partial charge in [0, 0.05) is 12.4 Å². The third kappa shape index (κ3) is 4.35. The normalized spacial score (nSPS) is 11.0. The monoisotopic (exact) mass is 401 g/mol. The second kappa shape index (κ2) is 8.53. The highest BCUT2D eigenvalue weighted by atomic mass is 32.1. The second-order valence-electron chi connectivity index (χ2n) is 7.11. The van der Waals surface area contributed by atoms with E-state index in [4.69, 9.17) is 4.98 Å². The molecule has 2 heterocycles. The Bertz CT molecular complexity index is 1120. The number of carbonyl (C=O) groups is 1. The minimum atomic E-state index is 0.0369. The molecule has 0 aliphatic carbocycles. The zero-order chi connectivity index (χ0) is 20.2. The first-order valence-electron chi connectivity index (χ1n) is 9.77. The Morgan fingerprint density at radius 2 is 1.79 bits per heavy atom. The SMILES string of the molecule is CCc1ccc(CC(=O)N(Cc2cccnc2)c2nc3c(C)cccc3s2)cc1. The van der Waals surface area contributed by atoms with Crippen LogP contribution in [0.25, 0.3) is 10.2 Å². The molecule has 0 saturated heterocycles. The van der Waals surface area contributed by atoms with E-state index in [1.54, 1.807) is 28.6 Å². The number of thiazole rings is 1. The molecule has 2 aromatic carbocycles. The maximum Gasteiger partial charge on any atom is 0.233 e. The van der Waals surface area contributed by atoms with Gasteiger partial charge in [0.05, 0.1) is 23.2 Å². The molecule has 0 aliphatic rings. The van der Waals surface area contributed by atoms with Crippen LogP contribution in [0.4, 0.5) is 5.13 Å². The zero-order valence-corrected chi connectivity index (χ0v) is 17.4. The predicted molar refractivity (Wildman–Crippen MR) is 119 cm³/mol. The van der Waals surface area contributed by atoms with Crippen LogP contribution < -0.4 is 4.90 Å². The van der Waals surface area contributed by atoms with Crippen molar-refractivity contribution in [2.75, 3.05) is 4.90 Å². The highest BCUT2D eigenvalue weighted by molar-refractivity contribution is 7.22. The van der Waals surface area contributed by atoms with Crippen molar-refractivity contribution in [2.24, 2.45) is 0 Å². The van der Waals surface area contributed by atoms with Gasteiger partial charge in [0.25, 0.3) is 0 Å². The van der Waals surface area contributed by atoms with Gasteiger partial charge in [-0.15, -0.1) is 0 Å². The van der Waals surface area contributed by atoms with Crippen molar-refractivity contribution in [3.8, 4) is 0 Å². The minimum Gasteiger partial charge on any atom is -0.283 e. The zero-order valence-electron chi connectivity index (χ0n) is 16.6. The van der Waals surface area contributed by atoms with Crippen LogP contribution in [0.15, 0.2) is 67.0 Å². The number of hydrogen-bond donors (Lipinski definition) is 0. The Morgan fingerprint density at radius 3 is 2.48 bits per heavy atom. The Hall–Kier alpha value is -3.05. The number of carbonyl (C=O) groups excluding carboxylic acids is 1. The summed E-state index contributed by atoms with van der Waals surface area (Å²) in [5.74, 6) is 0.0369. The lowest BCUT2D eigenvalue weighted by Crippen LogP contribution is -2.31. The first-order valence-corrected chi connectivity index (χ1v) is 10.6. The molecule has 4 aromatic rings. The molecule has 0 spiro atoms. The van der Waals surface area contributed by atoms with E-state index in [2.05, 4.69) is 30.1 Å². The van der Waals surface area contributed by atoms with Crippen molar-refractivity contribution >= 4 is 32.6 Å². The molecule has 0 radical (unpaired) electrons. The predicted octanol–water partition coefficient (Wildman–Crippen LogP) is 5.34. The van der Waals surface area contributed by atoms with Crippen LogP contribution in [0.1, 0.15) is 29.2 Å². The van der Waals surface area contributed by atoms with Crippen molar-refractivity contribution in [3.63, 3.8) is 0 Å². The number of para-hydroxylation sites is 1. The second-order valence-corrected chi connectivity index (χ2v) is 8.12. The van der Waals surface area contributed by atoms with E-state index in [-0.39, 0.29) is 5.91 Å². The van der Waals surface area contributed by atoms with Crippen LogP contribution >= 0.6 is 11.3 Å². The number of aryl methyl sites for hydroxylation is 2. The Labute approximate surface area is 174 Å². The van der Waals surface area contributed by atoms with Gasteiger partial charge in [-0.1, -0.05) is 60.7 Å². The fraction of sp³-hybridized carbons (Fsp3) is 0.208. The smallest absolute Gasteiger partial charge is 0.233 e. The molecule has 0 bridgehead atoms. The molecule has 146 valence electrons. The maximum atomic E-state index is 13.3. The van der Waals surface area contributed by atoms with Gasteiger partial charge in [-0.25, -0.2) is 4.98 Å². The molecule has 4 rings (SSSR count). The van der Waals surface area contributed by atoms with Gasteiger partial charge in [-0.2, -0.15) is 0 Å². The van der Waals surface area contributed by atoms with E-state index >= 15 is 0 Å². The van der Waals surface area contributed by atoms with Crippen molar-refractivity contribution in [1.29, 1.82) is 0 Å². The third-order valence-electron chi connectivity index (χ3n) is 4.99. The number of nitrogens with zero attached hydrogens (tertiary/aromatic N) is 3. The molecular formula is C24H23N3OS. The molecule has 0 atom stereocenters. The molecule has 0 unspecified atom stereocenters. The number of aromatic nitrogens is 2. The van der Waals surface area contributed by atoms with Crippen molar-refractivity contribution in [2.45, 2.75) is 33.2 Å². The Morgan fingerprint density at radius 1 is 1.00 bits per heavy atom. The van der Waals surface area contributed by atoms with E-state index in [9.17, 15) is 4.79 Å². The largest absolute Gasteiger partial charge is 0.283 e. The summed E-state index contributed by atoms with van der Waals surface area (Å²) in [5, 5.41) is 0.730. The summed E-state index contributed by atoms with van der Waals surface area (Å²) in [6.07, 6.45) is 4.88. The average molecular weight is 402 g/mol. The van der Waals surface area contributed by atoms with Crippen LogP contribution in [0, 0.1) is 6.92 Å². The van der Waals surface area contributed by atoms with Gasteiger partial charge in [0.2, 0.25) is 5.91 Å². The van der Waals surface area contributed by atoms with E-state index in [1.807, 2.05) is 43.3 Å². The summed E-state index contributed by atoms with van der Waals surface area (Å²) >= 11 is 1.56. The van der Waals surface area contributed by atoms with Crippen molar-refractivity contribution in [3.05, 3.63) is 89.2 Å². The van der Waals surface area contributed by atoms with E-state index in [1.165, 1.54) is 5.56 Å². The number of rotatable bonds is 6. The van der Waals surface area contributed by atoms with Gasteiger partial charge in [0.15, 0.2) is 5.13 Å². The Kier molecular flexibility index (Phi) is 5.67. The van der Waals surface area contributed by atoms with Crippen LogP contribution in [0.5, 0.6) is 0 Å². The summed E-state index contributed by atoms with van der Waals surface area (Å²) < 4.78 is 1.09. The van der Waals surface area contributed by atoms with Crippen LogP contribution in [-0.4, -0.2) is 15.9 Å². The number of amides is 1. The van der Waals surface area contributed by atoms with Gasteiger partial charge in [-0.05, 0) is 47.7 Å². The molecule has 2 aromatic heterocycles. The first-order chi connectivity index (χ1) is 14.1. The molecular weight excluding hydrogens is 378 g/mol. The lowest BCUT2D eigenvalue weighted by Gasteiger charge is -2.20. The quantitative estimate of drug-likeness (QED) is 0.438. The fourth-order valence-corrected chi connectivity index (χ4v) is 4.35. The van der Waals surface area contributed by atoms with Crippen LogP contribution in [0.2, 0.25) is 0 Å². The molecule has 4 nitrogen and oxygen atoms in total. The maximum absolute atomic E-state index is 13.3. The van der Waals surface area contributed by atoms with Gasteiger partial charge in [-0.3, -0.25) is 14.7 Å². The fourth-order valence-electron chi connectivity index (χ4n) is 3.29. The van der Waals surface area contributed by atoms with Crippen LogP contribution in [-0.2, 0) is 24.2 Å². The number of hydrogen-bond acceptors (Lipinski definition) is 4. The third-order valence-corrected chi connectivity index (χ3v) is 6.04. The van der Waals surface area contributed by atoms with Crippen molar-refractivity contribution < 1.29 is 4.79 Å². The topological polar surface area (TPSA) is 46.1 Å². The molecule has 0 aliphatic heterocycles. The molecule has 0 saturated carbocycles. The standard InChI is InChI=1S/C24H23N3OS/c1-3-18-9-11-19(12-10-18)14-22(28)27(16-20-7-5-13-25-15-20)24-26-23-17(2)6-4-8-21(23)29-24/h4-13,15H,3,14,16H2,1-2H3. The Balaban J connectivity index is 1.66. The summed E-state index contributed by atoms with van der Waals surface area (Å²) in [7, 11) is 0. The highest BCUT2D eigenvalue weighted by Crippen LogP contribution is 2.31. The van der Waals surface area contributed by atoms with Crippen LogP contribution in [0.3, 0.4) is 0 Å². The minimum absolute atomic E-state index is 0.0369. The van der Waals surface area contributed by atoms with E-state index in [0.717, 1.165) is 38.5 Å². The lowest BCUT2D eigenvalue weighted by atomic mass is 10.1. The highest BCUT2D eigenvalue weighted by Gasteiger charge is 2.21. The van der Waals surface area contributed by atoms with E-state index < -0.39 is 0 Å². The molecule has 0 fully saturated rings. The molecule has 29 heavy (non-hydrogen) atoms. The van der Waals surface area contributed by atoms with E-state index in [0.29, 0.717) is 13.0 Å². The summed E-state index contributed by atoms with van der Waals surface area (Å²) in [6.45, 7) is 4.64. The number of fused-ring (bicyclic) bond motifs is 1. The number of benzene rings is 2. The van der Waals surface area contributed by atoms with Crippen molar-refractivity contribution in [1.82, 2.24) is 9.97 Å². The number of pyridine rings is 1. The summed E-state index contributed by atoms with van der Waals surface area (Å²) in [4.78, 5) is 24.1. The summed E-state index contributed by atoms with van der Waals surface area (Å²) in [6, 6.07) is 18.3. The van der Waals surface area contributed by atoms with Gasteiger partial charge in [0.1, 0.15) is 0 Å².